The molecule has 1 heterocycles. The smallest absolute Gasteiger partial charge is 0.412 e. The fourth-order valence-corrected chi connectivity index (χ4v) is 2.54. The largest absolute Gasteiger partial charge is 0.493 e. The lowest BCUT2D eigenvalue weighted by molar-refractivity contribution is 0.199. The van der Waals surface area contributed by atoms with Crippen molar-refractivity contribution in [1.82, 2.24) is 9.88 Å². The maximum Gasteiger partial charge on any atom is 0.412 e. The summed E-state index contributed by atoms with van der Waals surface area (Å²) in [7, 11) is 3.01. The third kappa shape index (κ3) is 4.09. The zero-order chi connectivity index (χ0) is 19.3. The van der Waals surface area contributed by atoms with E-state index in [4.69, 9.17) is 14.2 Å². The number of aromatic nitrogens is 1. The van der Waals surface area contributed by atoms with Crippen LogP contribution in [0.25, 0.3) is 10.8 Å². The van der Waals surface area contributed by atoms with Crippen molar-refractivity contribution in [3.63, 3.8) is 0 Å². The van der Waals surface area contributed by atoms with Crippen molar-refractivity contribution in [3.8, 4) is 17.2 Å². The highest BCUT2D eigenvalue weighted by molar-refractivity contribution is 5.92. The summed E-state index contributed by atoms with van der Waals surface area (Å²) in [6.07, 6.45) is 1.95. The van der Waals surface area contributed by atoms with Crippen LogP contribution in [-0.4, -0.2) is 31.4 Å². The summed E-state index contributed by atoms with van der Waals surface area (Å²) in [5.74, 6) is 1.55. The molecule has 0 aliphatic rings. The van der Waals surface area contributed by atoms with Crippen molar-refractivity contribution in [2.75, 3.05) is 20.8 Å². The molecule has 7 heteroatoms. The van der Waals surface area contributed by atoms with Gasteiger partial charge in [0.25, 0.3) is 5.56 Å². The van der Waals surface area contributed by atoms with E-state index >= 15 is 0 Å². The molecule has 0 aliphatic heterocycles. The number of ether oxygens (including phenoxy) is 3. The van der Waals surface area contributed by atoms with Crippen LogP contribution in [0.2, 0.25) is 0 Å². The molecule has 1 N–H and O–H groups in total. The number of hydrogen-bond donors (Lipinski definition) is 1. The fraction of sp³-hybridized carbons (Fsp3) is 0.474. The van der Waals surface area contributed by atoms with Gasteiger partial charge in [-0.2, -0.15) is 0 Å². The first-order valence-electron chi connectivity index (χ1n) is 8.69. The summed E-state index contributed by atoms with van der Waals surface area (Å²) < 4.78 is 17.6. The SMILES string of the molecule is CCC(C)CNC(=O)Oc1cn(CC)c(=O)c2cc(OC)c(OC)cc12. The molecule has 1 unspecified atom stereocenters. The van der Waals surface area contributed by atoms with Crippen molar-refractivity contribution >= 4 is 16.9 Å². The Morgan fingerprint density at radius 2 is 1.73 bits per heavy atom. The average molecular weight is 362 g/mol. The molecule has 26 heavy (non-hydrogen) atoms. The first-order chi connectivity index (χ1) is 12.4. The number of hydrogen-bond acceptors (Lipinski definition) is 5. The quantitative estimate of drug-likeness (QED) is 0.818. The van der Waals surface area contributed by atoms with Gasteiger partial charge in [-0.25, -0.2) is 4.79 Å². The molecule has 1 atom stereocenters. The van der Waals surface area contributed by atoms with Crippen LogP contribution in [0, 0.1) is 5.92 Å². The number of pyridine rings is 1. The van der Waals surface area contributed by atoms with Gasteiger partial charge in [0.15, 0.2) is 17.2 Å². The van der Waals surface area contributed by atoms with Crippen molar-refractivity contribution in [2.45, 2.75) is 33.7 Å². The molecule has 142 valence electrons. The molecule has 0 bridgehead atoms. The van der Waals surface area contributed by atoms with Gasteiger partial charge in [0.05, 0.1) is 25.8 Å². The molecule has 2 aromatic rings. The normalized spacial score (nSPS) is 11.9. The number of carbonyl (C=O) groups excluding carboxylic acids is 1. The molecule has 2 rings (SSSR count). The Bertz CT molecular complexity index is 844. The van der Waals surface area contributed by atoms with E-state index in [1.807, 2.05) is 13.8 Å². The van der Waals surface area contributed by atoms with Crippen LogP contribution in [0.1, 0.15) is 27.2 Å². The Morgan fingerprint density at radius 3 is 2.27 bits per heavy atom. The number of rotatable bonds is 7. The molecule has 0 saturated heterocycles. The number of benzene rings is 1. The van der Waals surface area contributed by atoms with Crippen LogP contribution >= 0.6 is 0 Å². The number of methoxy groups -OCH3 is 2. The third-order valence-electron chi connectivity index (χ3n) is 4.39. The zero-order valence-electron chi connectivity index (χ0n) is 15.9. The summed E-state index contributed by atoms with van der Waals surface area (Å²) >= 11 is 0. The first-order valence-corrected chi connectivity index (χ1v) is 8.69. The monoisotopic (exact) mass is 362 g/mol. The minimum Gasteiger partial charge on any atom is -0.493 e. The van der Waals surface area contributed by atoms with Gasteiger partial charge in [-0.15, -0.1) is 0 Å². The van der Waals surface area contributed by atoms with Crippen LogP contribution in [0.15, 0.2) is 23.1 Å². The topological polar surface area (TPSA) is 78.8 Å². The second kappa shape index (κ2) is 8.60. The van der Waals surface area contributed by atoms with E-state index in [0.717, 1.165) is 6.42 Å². The van der Waals surface area contributed by atoms with E-state index in [1.54, 1.807) is 18.3 Å². The van der Waals surface area contributed by atoms with E-state index in [1.165, 1.54) is 18.8 Å². The summed E-state index contributed by atoms with van der Waals surface area (Å²) in [6.45, 7) is 6.93. The summed E-state index contributed by atoms with van der Waals surface area (Å²) in [4.78, 5) is 24.8. The Kier molecular flexibility index (Phi) is 6.49. The van der Waals surface area contributed by atoms with E-state index in [9.17, 15) is 9.59 Å². The summed E-state index contributed by atoms with van der Waals surface area (Å²) in [5.41, 5.74) is -0.184. The average Bonchev–Trinajstić information content (AvgIpc) is 2.66. The van der Waals surface area contributed by atoms with Crippen LogP contribution in [0.5, 0.6) is 17.2 Å². The van der Waals surface area contributed by atoms with Crippen molar-refractivity contribution in [1.29, 1.82) is 0 Å². The molecule has 1 aromatic heterocycles. The van der Waals surface area contributed by atoms with Crippen LogP contribution in [0.3, 0.4) is 0 Å². The highest BCUT2D eigenvalue weighted by Gasteiger charge is 2.17. The predicted octanol–water partition coefficient (Wildman–Crippen LogP) is 3.17. The first kappa shape index (κ1) is 19.6. The number of fused-ring (bicyclic) bond motifs is 1. The Morgan fingerprint density at radius 1 is 1.12 bits per heavy atom. The molecule has 7 nitrogen and oxygen atoms in total. The van der Waals surface area contributed by atoms with Crippen LogP contribution in [0.4, 0.5) is 4.79 Å². The standard InChI is InChI=1S/C19H26N2O5/c1-6-12(3)10-20-19(23)26-17-11-21(7-2)18(22)14-9-16(25-5)15(24-4)8-13(14)17/h8-9,11-12H,6-7,10H2,1-5H3,(H,20,23). The number of nitrogens with zero attached hydrogens (tertiary/aromatic N) is 1. The number of amides is 1. The Hall–Kier alpha value is -2.70. The second-order valence-electron chi connectivity index (χ2n) is 6.12. The van der Waals surface area contributed by atoms with E-state index in [2.05, 4.69) is 12.2 Å². The van der Waals surface area contributed by atoms with Gasteiger partial charge in [-0.1, -0.05) is 20.3 Å². The van der Waals surface area contributed by atoms with Gasteiger partial charge in [-0.3, -0.25) is 4.79 Å². The van der Waals surface area contributed by atoms with Gasteiger partial charge in [0, 0.05) is 18.5 Å². The number of aryl methyl sites for hydroxylation is 1. The number of nitrogens with one attached hydrogen (secondary N) is 1. The van der Waals surface area contributed by atoms with Crippen LogP contribution in [-0.2, 0) is 6.54 Å². The molecule has 1 amide bonds. The van der Waals surface area contributed by atoms with Crippen LogP contribution < -0.4 is 25.1 Å². The van der Waals surface area contributed by atoms with Gasteiger partial charge in [-0.05, 0) is 25.0 Å². The lowest BCUT2D eigenvalue weighted by Gasteiger charge is -2.15. The Balaban J connectivity index is 2.49. The molecule has 0 spiro atoms. The van der Waals surface area contributed by atoms with E-state index in [-0.39, 0.29) is 5.56 Å². The van der Waals surface area contributed by atoms with E-state index in [0.29, 0.717) is 47.0 Å². The predicted molar refractivity (Wildman–Crippen MR) is 100 cm³/mol. The number of carbonyl (C=O) groups is 1. The fourth-order valence-electron chi connectivity index (χ4n) is 2.54. The van der Waals surface area contributed by atoms with Gasteiger partial charge >= 0.3 is 6.09 Å². The molecule has 1 aromatic carbocycles. The van der Waals surface area contributed by atoms with Crippen molar-refractivity contribution < 1.29 is 19.0 Å². The lowest BCUT2D eigenvalue weighted by atomic mass is 10.1. The summed E-state index contributed by atoms with van der Waals surface area (Å²) in [5, 5.41) is 3.64. The van der Waals surface area contributed by atoms with Crippen molar-refractivity contribution in [2.24, 2.45) is 5.92 Å². The zero-order valence-corrected chi connectivity index (χ0v) is 15.9. The molecular formula is C19H26N2O5. The maximum absolute atomic E-state index is 12.6. The molecule has 0 radical (unpaired) electrons. The minimum atomic E-state index is -0.553. The molecule has 0 fully saturated rings. The lowest BCUT2D eigenvalue weighted by Crippen LogP contribution is -2.31. The van der Waals surface area contributed by atoms with Gasteiger partial charge < -0.3 is 24.1 Å². The van der Waals surface area contributed by atoms with E-state index < -0.39 is 6.09 Å². The highest BCUT2D eigenvalue weighted by atomic mass is 16.6. The maximum atomic E-state index is 12.6. The minimum absolute atomic E-state index is 0.184. The second-order valence-corrected chi connectivity index (χ2v) is 6.12. The third-order valence-corrected chi connectivity index (χ3v) is 4.39. The molecular weight excluding hydrogens is 336 g/mol. The highest BCUT2D eigenvalue weighted by Crippen LogP contribution is 2.34. The Labute approximate surface area is 152 Å². The van der Waals surface area contributed by atoms with Gasteiger partial charge in [0.1, 0.15) is 0 Å². The molecule has 0 saturated carbocycles. The summed E-state index contributed by atoms with van der Waals surface area (Å²) in [6, 6.07) is 3.25. The molecule has 0 aliphatic carbocycles. The van der Waals surface area contributed by atoms with Crippen molar-refractivity contribution in [3.05, 3.63) is 28.7 Å². The van der Waals surface area contributed by atoms with Gasteiger partial charge in [0.2, 0.25) is 0 Å².